The van der Waals surface area contributed by atoms with Crippen LogP contribution in [-0.2, 0) is 10.0 Å². The Hall–Kier alpha value is -2.31. The van der Waals surface area contributed by atoms with Crippen molar-refractivity contribution in [1.29, 1.82) is 0 Å². The third-order valence-electron chi connectivity index (χ3n) is 4.08. The second kappa shape index (κ2) is 7.13. The highest BCUT2D eigenvalue weighted by Gasteiger charge is 2.25. The monoisotopic (exact) mass is 389 g/mol. The van der Waals surface area contributed by atoms with E-state index in [1.54, 1.807) is 36.0 Å². The molecule has 0 atom stereocenters. The van der Waals surface area contributed by atoms with E-state index in [0.29, 0.717) is 22.0 Å². The van der Waals surface area contributed by atoms with Gasteiger partial charge in [0.15, 0.2) is 0 Å². The van der Waals surface area contributed by atoms with Gasteiger partial charge < -0.3 is 0 Å². The molecule has 0 amide bonds. The first-order chi connectivity index (χ1) is 12.3. The molecule has 136 valence electrons. The molecule has 0 saturated carbocycles. The molecule has 0 saturated heterocycles. The molecule has 0 radical (unpaired) electrons. The number of halogens is 1. The summed E-state index contributed by atoms with van der Waals surface area (Å²) in [5, 5.41) is 5.01. The fourth-order valence-corrected chi connectivity index (χ4v) is 4.01. The van der Waals surface area contributed by atoms with Crippen molar-refractivity contribution < 1.29 is 8.42 Å². The van der Waals surface area contributed by atoms with Gasteiger partial charge in [-0.3, -0.25) is 9.40 Å². The van der Waals surface area contributed by atoms with Crippen molar-refractivity contribution in [3.8, 4) is 11.3 Å². The average molecular weight is 390 g/mol. The first kappa shape index (κ1) is 18.5. The molecule has 3 rings (SSSR count). The van der Waals surface area contributed by atoms with Crippen LogP contribution < -0.4 is 4.72 Å². The summed E-state index contributed by atoms with van der Waals surface area (Å²) < 4.78 is 30.5. The van der Waals surface area contributed by atoms with Gasteiger partial charge in [-0.15, -0.1) is 0 Å². The lowest BCUT2D eigenvalue weighted by atomic mass is 10.2. The molecule has 1 heterocycles. The highest BCUT2D eigenvalue weighted by molar-refractivity contribution is 7.92. The minimum Gasteiger partial charge on any atom is -0.279 e. The summed E-state index contributed by atoms with van der Waals surface area (Å²) in [5.74, 6) is 0. The quantitative estimate of drug-likeness (QED) is 0.675. The van der Waals surface area contributed by atoms with Crippen LogP contribution in [-0.4, -0.2) is 18.2 Å². The van der Waals surface area contributed by atoms with Crippen LogP contribution in [0.3, 0.4) is 0 Å². The van der Waals surface area contributed by atoms with Gasteiger partial charge in [-0.25, -0.2) is 8.42 Å². The summed E-state index contributed by atoms with van der Waals surface area (Å²) in [6, 6.07) is 14.4. The van der Waals surface area contributed by atoms with Crippen LogP contribution >= 0.6 is 11.6 Å². The van der Waals surface area contributed by atoms with Crippen LogP contribution in [0, 0.1) is 6.92 Å². The molecule has 1 aromatic heterocycles. The lowest BCUT2D eigenvalue weighted by Gasteiger charge is -2.11. The smallest absolute Gasteiger partial charge is 0.265 e. The predicted molar refractivity (Wildman–Crippen MR) is 105 cm³/mol. The predicted octanol–water partition coefficient (Wildman–Crippen LogP) is 4.89. The molecule has 0 fully saturated rings. The van der Waals surface area contributed by atoms with Crippen molar-refractivity contribution in [2.75, 3.05) is 4.72 Å². The van der Waals surface area contributed by atoms with Crippen molar-refractivity contribution >= 4 is 27.3 Å². The molecular weight excluding hydrogens is 370 g/mol. The van der Waals surface area contributed by atoms with Crippen molar-refractivity contribution in [2.24, 2.45) is 0 Å². The van der Waals surface area contributed by atoms with E-state index < -0.39 is 10.0 Å². The normalized spacial score (nSPS) is 11.7. The zero-order chi connectivity index (χ0) is 18.9. The van der Waals surface area contributed by atoms with Crippen molar-refractivity contribution in [3.05, 3.63) is 65.3 Å². The maximum absolute atomic E-state index is 13.1. The maximum Gasteiger partial charge on any atom is 0.265 e. The Kier molecular flexibility index (Phi) is 5.07. The average Bonchev–Trinajstić information content (AvgIpc) is 3.06. The Morgan fingerprint density at radius 1 is 1.08 bits per heavy atom. The van der Waals surface area contributed by atoms with Crippen molar-refractivity contribution in [2.45, 2.75) is 31.7 Å². The molecule has 0 aliphatic carbocycles. The van der Waals surface area contributed by atoms with E-state index in [1.807, 2.05) is 44.2 Å². The van der Waals surface area contributed by atoms with Crippen LogP contribution in [0.2, 0.25) is 5.02 Å². The summed E-state index contributed by atoms with van der Waals surface area (Å²) in [6.07, 6.45) is 1.56. The van der Waals surface area contributed by atoms with Crippen LogP contribution in [0.4, 0.5) is 5.69 Å². The Balaban J connectivity index is 2.11. The minimum atomic E-state index is -3.84. The molecule has 26 heavy (non-hydrogen) atoms. The number of anilines is 1. The maximum atomic E-state index is 13.1. The Morgan fingerprint density at radius 3 is 2.42 bits per heavy atom. The fourth-order valence-electron chi connectivity index (χ4n) is 2.55. The molecule has 7 heteroatoms. The number of nitrogens with one attached hydrogen (secondary N) is 1. The molecule has 0 aliphatic heterocycles. The number of rotatable bonds is 5. The largest absolute Gasteiger partial charge is 0.279 e. The topological polar surface area (TPSA) is 64.0 Å². The lowest BCUT2D eigenvalue weighted by molar-refractivity contribution is 0.532. The molecule has 3 aromatic rings. The summed E-state index contributed by atoms with van der Waals surface area (Å²) in [6.45, 7) is 5.68. The second-order valence-electron chi connectivity index (χ2n) is 6.30. The van der Waals surface area contributed by atoms with E-state index in [-0.39, 0.29) is 10.9 Å². The number of benzene rings is 2. The SMILES string of the molecule is Cc1c(Cl)cccc1NS(=O)(=O)c1cn(C(C)C)nc1-c1ccccc1. The van der Waals surface area contributed by atoms with Crippen LogP contribution in [0.1, 0.15) is 25.5 Å². The number of aromatic nitrogens is 2. The zero-order valence-electron chi connectivity index (χ0n) is 14.8. The summed E-state index contributed by atoms with van der Waals surface area (Å²) in [4.78, 5) is 0.136. The zero-order valence-corrected chi connectivity index (χ0v) is 16.3. The molecule has 0 spiro atoms. The molecule has 1 N–H and O–H groups in total. The summed E-state index contributed by atoms with van der Waals surface area (Å²) in [5.41, 5.74) is 2.30. The van der Waals surface area contributed by atoms with Crippen LogP contribution in [0.25, 0.3) is 11.3 Å². The van der Waals surface area contributed by atoms with E-state index >= 15 is 0 Å². The minimum absolute atomic E-state index is 0.0364. The van der Waals surface area contributed by atoms with E-state index in [2.05, 4.69) is 9.82 Å². The van der Waals surface area contributed by atoms with Gasteiger partial charge in [0.2, 0.25) is 0 Å². The van der Waals surface area contributed by atoms with Crippen molar-refractivity contribution in [3.63, 3.8) is 0 Å². The highest BCUT2D eigenvalue weighted by Crippen LogP contribution is 2.30. The molecule has 0 aliphatic rings. The van der Waals surface area contributed by atoms with Crippen LogP contribution in [0.5, 0.6) is 0 Å². The molecule has 0 bridgehead atoms. The third-order valence-corrected chi connectivity index (χ3v) is 5.85. The van der Waals surface area contributed by atoms with Crippen LogP contribution in [0.15, 0.2) is 59.6 Å². The molecular formula is C19H20ClN3O2S. The molecule has 2 aromatic carbocycles. The van der Waals surface area contributed by atoms with Gasteiger partial charge in [-0.1, -0.05) is 48.0 Å². The van der Waals surface area contributed by atoms with Gasteiger partial charge >= 0.3 is 0 Å². The Bertz CT molecular complexity index is 1030. The molecule has 5 nitrogen and oxygen atoms in total. The van der Waals surface area contributed by atoms with E-state index in [4.69, 9.17) is 11.6 Å². The van der Waals surface area contributed by atoms with E-state index in [9.17, 15) is 8.42 Å². The van der Waals surface area contributed by atoms with Gasteiger partial charge in [0.05, 0.1) is 5.69 Å². The number of sulfonamides is 1. The summed E-state index contributed by atoms with van der Waals surface area (Å²) >= 11 is 6.11. The molecule has 0 unspecified atom stereocenters. The van der Waals surface area contributed by atoms with Gasteiger partial charge in [0.25, 0.3) is 10.0 Å². The Labute approximate surface area is 158 Å². The standard InChI is InChI=1S/C19H20ClN3O2S/c1-13(2)23-12-18(19(21-23)15-8-5-4-6-9-15)26(24,25)22-17-11-7-10-16(20)14(17)3/h4-13,22H,1-3H3. The van der Waals surface area contributed by atoms with Crippen molar-refractivity contribution in [1.82, 2.24) is 9.78 Å². The Morgan fingerprint density at radius 2 is 1.77 bits per heavy atom. The third kappa shape index (κ3) is 3.61. The highest BCUT2D eigenvalue weighted by atomic mass is 35.5. The lowest BCUT2D eigenvalue weighted by Crippen LogP contribution is -2.14. The van der Waals surface area contributed by atoms with Gasteiger partial charge in [0, 0.05) is 22.8 Å². The van der Waals surface area contributed by atoms with E-state index in [1.165, 1.54) is 0 Å². The second-order valence-corrected chi connectivity index (χ2v) is 8.36. The van der Waals surface area contributed by atoms with Gasteiger partial charge in [-0.05, 0) is 38.5 Å². The number of hydrogen-bond acceptors (Lipinski definition) is 3. The fraction of sp³-hybridized carbons (Fsp3) is 0.211. The van der Waals surface area contributed by atoms with Gasteiger partial charge in [0.1, 0.15) is 10.6 Å². The first-order valence-corrected chi connectivity index (χ1v) is 10.1. The van der Waals surface area contributed by atoms with E-state index in [0.717, 1.165) is 5.56 Å². The summed E-state index contributed by atoms with van der Waals surface area (Å²) in [7, 11) is -3.84. The first-order valence-electron chi connectivity index (χ1n) is 8.22. The number of hydrogen-bond donors (Lipinski definition) is 1. The number of nitrogens with zero attached hydrogens (tertiary/aromatic N) is 2. The van der Waals surface area contributed by atoms with Gasteiger partial charge in [-0.2, -0.15) is 5.10 Å².